The van der Waals surface area contributed by atoms with Crippen molar-refractivity contribution in [1.29, 1.82) is 0 Å². The highest BCUT2D eigenvalue weighted by atomic mass is 15.0. The average Bonchev–Trinajstić information content (AvgIpc) is 3.64. The monoisotopic (exact) mass is 776 g/mol. The van der Waals surface area contributed by atoms with Crippen LogP contribution in [0.1, 0.15) is 0 Å². The molecule has 0 saturated heterocycles. The summed E-state index contributed by atoms with van der Waals surface area (Å²) in [4.78, 5) is 15.8. The van der Waals surface area contributed by atoms with Crippen LogP contribution < -0.4 is 0 Å². The van der Waals surface area contributed by atoms with Crippen molar-refractivity contribution in [3.05, 3.63) is 218 Å². The van der Waals surface area contributed by atoms with Crippen LogP contribution in [0.25, 0.3) is 116 Å². The van der Waals surface area contributed by atoms with E-state index in [4.69, 9.17) is 15.0 Å². The molecule has 12 aromatic rings. The summed E-state index contributed by atoms with van der Waals surface area (Å²) in [5, 5.41) is 9.53. The molecule has 0 bridgehead atoms. The molecule has 0 aliphatic carbocycles. The van der Waals surface area contributed by atoms with E-state index >= 15 is 0 Å². The zero-order chi connectivity index (χ0) is 40.3. The second-order valence-electron chi connectivity index (χ2n) is 15.6. The van der Waals surface area contributed by atoms with Crippen LogP contribution in [0.15, 0.2) is 218 Å². The number of hydrogen-bond acceptors (Lipinski definition) is 3. The van der Waals surface area contributed by atoms with Crippen molar-refractivity contribution in [2.75, 3.05) is 0 Å². The number of aromatic nitrogens is 4. The molecule has 0 amide bonds. The number of nitrogens with zero attached hydrogens (tertiary/aromatic N) is 4. The molecule has 0 atom stereocenters. The first kappa shape index (κ1) is 34.8. The fraction of sp³-hybridized carbons (Fsp3) is 0. The van der Waals surface area contributed by atoms with Gasteiger partial charge in [0.15, 0.2) is 17.5 Å². The van der Waals surface area contributed by atoms with E-state index in [0.29, 0.717) is 17.5 Å². The summed E-state index contributed by atoms with van der Waals surface area (Å²) in [6.45, 7) is 0. The van der Waals surface area contributed by atoms with Gasteiger partial charge in [-0.1, -0.05) is 176 Å². The Bertz CT molecular complexity index is 3550. The standard InChI is InChI=1S/C57H36N4/c1-3-15-37(16-4-1)40-25-11-26-45(31-40)48-29-13-23-38-24-14-30-49(54(38)48)57-59-55(39-17-5-2-6-18-39)58-56(60-57)46-27-12-28-47(32-46)61-52-35-43-21-9-7-19-41(43)33-50(52)51-34-42-20-8-10-22-44(42)36-53(51)61/h1-36H. The zero-order valence-corrected chi connectivity index (χ0v) is 33.1. The van der Waals surface area contributed by atoms with E-state index in [1.165, 1.54) is 43.4 Å². The van der Waals surface area contributed by atoms with Gasteiger partial charge in [0.1, 0.15) is 0 Å². The van der Waals surface area contributed by atoms with E-state index in [1.807, 2.05) is 18.2 Å². The molecule has 2 aromatic heterocycles. The molecule has 284 valence electrons. The lowest BCUT2D eigenvalue weighted by atomic mass is 9.92. The van der Waals surface area contributed by atoms with Crippen LogP contribution in [0.2, 0.25) is 0 Å². The van der Waals surface area contributed by atoms with Crippen molar-refractivity contribution < 1.29 is 0 Å². The molecular weight excluding hydrogens is 741 g/mol. The Labute approximate surface area is 352 Å². The van der Waals surface area contributed by atoms with Crippen molar-refractivity contribution in [3.8, 4) is 62.1 Å². The Kier molecular flexibility index (Phi) is 8.13. The molecule has 0 spiro atoms. The summed E-state index contributed by atoms with van der Waals surface area (Å²) in [5.41, 5.74) is 10.8. The summed E-state index contributed by atoms with van der Waals surface area (Å²) >= 11 is 0. The van der Waals surface area contributed by atoms with Crippen LogP contribution in [0.5, 0.6) is 0 Å². The van der Waals surface area contributed by atoms with E-state index in [9.17, 15) is 0 Å². The number of rotatable bonds is 6. The predicted octanol–water partition coefficient (Wildman–Crippen LogP) is 14.8. The van der Waals surface area contributed by atoms with Gasteiger partial charge in [-0.25, -0.2) is 15.0 Å². The molecule has 61 heavy (non-hydrogen) atoms. The lowest BCUT2D eigenvalue weighted by Gasteiger charge is -2.15. The molecule has 0 aliphatic rings. The molecule has 12 rings (SSSR count). The third-order valence-electron chi connectivity index (χ3n) is 12.0. The largest absolute Gasteiger partial charge is 0.309 e. The quantitative estimate of drug-likeness (QED) is 0.169. The van der Waals surface area contributed by atoms with Crippen LogP contribution in [-0.2, 0) is 0 Å². The smallest absolute Gasteiger partial charge is 0.164 e. The first-order valence-corrected chi connectivity index (χ1v) is 20.7. The van der Waals surface area contributed by atoms with E-state index in [1.54, 1.807) is 0 Å². The summed E-state index contributed by atoms with van der Waals surface area (Å²) in [7, 11) is 0. The topological polar surface area (TPSA) is 43.6 Å². The molecule has 4 nitrogen and oxygen atoms in total. The van der Waals surface area contributed by atoms with E-state index in [-0.39, 0.29) is 0 Å². The number of fused-ring (bicyclic) bond motifs is 6. The second-order valence-corrected chi connectivity index (χ2v) is 15.6. The van der Waals surface area contributed by atoms with Gasteiger partial charge in [-0.05, 0) is 91.6 Å². The Morgan fingerprint density at radius 1 is 0.279 bits per heavy atom. The molecular formula is C57H36N4. The van der Waals surface area contributed by atoms with Gasteiger partial charge in [0.05, 0.1) is 11.0 Å². The highest BCUT2D eigenvalue weighted by Crippen LogP contribution is 2.40. The van der Waals surface area contributed by atoms with Gasteiger partial charge in [0, 0.05) is 38.5 Å². The van der Waals surface area contributed by atoms with Gasteiger partial charge in [-0.15, -0.1) is 0 Å². The van der Waals surface area contributed by atoms with Crippen molar-refractivity contribution in [2.24, 2.45) is 0 Å². The van der Waals surface area contributed by atoms with Crippen LogP contribution in [0.3, 0.4) is 0 Å². The zero-order valence-electron chi connectivity index (χ0n) is 33.1. The maximum atomic E-state index is 5.35. The van der Waals surface area contributed by atoms with Gasteiger partial charge in [-0.2, -0.15) is 0 Å². The van der Waals surface area contributed by atoms with E-state index in [2.05, 4.69) is 205 Å². The normalized spacial score (nSPS) is 11.6. The van der Waals surface area contributed by atoms with Gasteiger partial charge < -0.3 is 4.57 Å². The van der Waals surface area contributed by atoms with Gasteiger partial charge in [-0.3, -0.25) is 0 Å². The molecule has 10 aromatic carbocycles. The molecule has 0 radical (unpaired) electrons. The molecule has 0 fully saturated rings. The summed E-state index contributed by atoms with van der Waals surface area (Å²) in [5.74, 6) is 1.87. The second kappa shape index (κ2) is 14.3. The van der Waals surface area contributed by atoms with Crippen LogP contribution in [0, 0.1) is 0 Å². The van der Waals surface area contributed by atoms with Gasteiger partial charge >= 0.3 is 0 Å². The van der Waals surface area contributed by atoms with Crippen molar-refractivity contribution in [1.82, 2.24) is 19.5 Å². The fourth-order valence-corrected chi connectivity index (χ4v) is 9.06. The Morgan fingerprint density at radius 2 is 0.738 bits per heavy atom. The van der Waals surface area contributed by atoms with Crippen molar-refractivity contribution >= 4 is 54.1 Å². The van der Waals surface area contributed by atoms with Crippen LogP contribution >= 0.6 is 0 Å². The summed E-state index contributed by atoms with van der Waals surface area (Å²) in [6, 6.07) is 77.7. The van der Waals surface area contributed by atoms with Crippen LogP contribution in [0.4, 0.5) is 0 Å². The maximum Gasteiger partial charge on any atom is 0.164 e. The highest BCUT2D eigenvalue weighted by molar-refractivity contribution is 6.17. The lowest BCUT2D eigenvalue weighted by Crippen LogP contribution is -2.02. The SMILES string of the molecule is c1ccc(-c2cccc(-c3cccc4cccc(-c5nc(-c6ccccc6)nc(-c6cccc(-n7c8cc9ccccc9cc8c8cc9ccccc9cc87)c6)n5)c34)c2)cc1. The summed E-state index contributed by atoms with van der Waals surface area (Å²) in [6.07, 6.45) is 0. The highest BCUT2D eigenvalue weighted by Gasteiger charge is 2.19. The summed E-state index contributed by atoms with van der Waals surface area (Å²) < 4.78 is 2.40. The molecule has 4 heteroatoms. The Balaban J connectivity index is 1.07. The first-order valence-electron chi connectivity index (χ1n) is 20.7. The third kappa shape index (κ3) is 6.04. The molecule has 0 aliphatic heterocycles. The van der Waals surface area contributed by atoms with Crippen molar-refractivity contribution in [2.45, 2.75) is 0 Å². The maximum absolute atomic E-state index is 5.35. The van der Waals surface area contributed by atoms with Gasteiger partial charge in [0.2, 0.25) is 0 Å². The lowest BCUT2D eigenvalue weighted by molar-refractivity contribution is 1.07. The minimum Gasteiger partial charge on any atom is -0.309 e. The average molecular weight is 777 g/mol. The predicted molar refractivity (Wildman–Crippen MR) is 254 cm³/mol. The minimum absolute atomic E-state index is 0.614. The van der Waals surface area contributed by atoms with Crippen molar-refractivity contribution in [3.63, 3.8) is 0 Å². The third-order valence-corrected chi connectivity index (χ3v) is 12.0. The fourth-order valence-electron chi connectivity index (χ4n) is 9.06. The molecule has 0 saturated carbocycles. The molecule has 2 heterocycles. The first-order chi connectivity index (χ1) is 30.2. The number of benzene rings is 10. The van der Waals surface area contributed by atoms with Crippen LogP contribution in [-0.4, -0.2) is 19.5 Å². The van der Waals surface area contributed by atoms with Gasteiger partial charge in [0.25, 0.3) is 0 Å². The molecule has 0 N–H and O–H groups in total. The Morgan fingerprint density at radius 3 is 1.39 bits per heavy atom. The minimum atomic E-state index is 0.614. The van der Waals surface area contributed by atoms with E-state index < -0.39 is 0 Å². The molecule has 0 unspecified atom stereocenters. The van der Waals surface area contributed by atoms with E-state index in [0.717, 1.165) is 55.3 Å². The number of hydrogen-bond donors (Lipinski definition) is 0. The Hall–Kier alpha value is -8.21.